The Balaban J connectivity index is 1.60. The molecule has 2 aliphatic carbocycles. The number of likely N-dealkylation sites (tertiary alicyclic amines) is 1. The molecule has 130 valence electrons. The van der Waals surface area contributed by atoms with Crippen LogP contribution in [0.1, 0.15) is 37.7 Å². The first-order valence-corrected chi connectivity index (χ1v) is 9.34. The van der Waals surface area contributed by atoms with Crippen molar-refractivity contribution in [3.63, 3.8) is 0 Å². The van der Waals surface area contributed by atoms with Gasteiger partial charge in [-0.2, -0.15) is 0 Å². The monoisotopic (exact) mass is 329 g/mol. The lowest BCUT2D eigenvalue weighted by Crippen LogP contribution is -2.52. The predicted molar refractivity (Wildman–Crippen MR) is 91.0 cm³/mol. The van der Waals surface area contributed by atoms with E-state index in [9.17, 15) is 15.0 Å². The summed E-state index contributed by atoms with van der Waals surface area (Å²) in [5.74, 6) is 1.13. The summed E-state index contributed by atoms with van der Waals surface area (Å²) in [6.45, 7) is 1.61. The summed E-state index contributed by atoms with van der Waals surface area (Å²) >= 11 is 0. The van der Waals surface area contributed by atoms with Gasteiger partial charge >= 0.3 is 0 Å². The van der Waals surface area contributed by atoms with E-state index in [1.54, 1.807) is 0 Å². The van der Waals surface area contributed by atoms with Gasteiger partial charge in [-0.1, -0.05) is 49.6 Å². The van der Waals surface area contributed by atoms with E-state index in [1.807, 2.05) is 35.2 Å². The number of hydrogen-bond acceptors (Lipinski definition) is 3. The molecule has 4 rings (SSSR count). The fourth-order valence-electron chi connectivity index (χ4n) is 5.07. The molecule has 0 bridgehead atoms. The summed E-state index contributed by atoms with van der Waals surface area (Å²) in [7, 11) is 0. The van der Waals surface area contributed by atoms with Crippen LogP contribution in [-0.2, 0) is 10.4 Å². The van der Waals surface area contributed by atoms with E-state index in [0.29, 0.717) is 30.8 Å². The zero-order valence-corrected chi connectivity index (χ0v) is 14.1. The van der Waals surface area contributed by atoms with Gasteiger partial charge in [-0.25, -0.2) is 0 Å². The number of aliphatic hydroxyl groups excluding tert-OH is 1. The molecule has 0 radical (unpaired) electrons. The lowest BCUT2D eigenvalue weighted by Gasteiger charge is -2.40. The molecular formula is C20H27NO3. The Morgan fingerprint density at radius 3 is 2.29 bits per heavy atom. The van der Waals surface area contributed by atoms with Crippen LogP contribution >= 0.6 is 0 Å². The van der Waals surface area contributed by atoms with Gasteiger partial charge < -0.3 is 15.1 Å². The standard InChI is InChI=1S/C20H27NO3/c22-13-18-16-11-21(12-17(16)18)19(23)20(24,14-7-3-1-4-8-14)15-9-5-2-6-10-15/h1,3-4,7-8,15-18,22,24H,2,5-6,9-13H2. The molecule has 1 aliphatic heterocycles. The van der Waals surface area contributed by atoms with Crippen molar-refractivity contribution in [3.05, 3.63) is 35.9 Å². The predicted octanol–water partition coefficient (Wildman–Crippen LogP) is 2.15. The van der Waals surface area contributed by atoms with Crippen molar-refractivity contribution in [2.75, 3.05) is 19.7 Å². The second kappa shape index (κ2) is 6.16. The van der Waals surface area contributed by atoms with Crippen LogP contribution in [-0.4, -0.2) is 40.7 Å². The van der Waals surface area contributed by atoms with Gasteiger partial charge in [0.2, 0.25) is 0 Å². The van der Waals surface area contributed by atoms with Crippen molar-refractivity contribution in [2.24, 2.45) is 23.7 Å². The Hall–Kier alpha value is -1.39. The molecule has 3 unspecified atom stereocenters. The average Bonchev–Trinajstić information content (AvgIpc) is 3.12. The molecule has 1 amide bonds. The Kier molecular flexibility index (Phi) is 4.13. The van der Waals surface area contributed by atoms with Crippen molar-refractivity contribution in [1.82, 2.24) is 4.90 Å². The smallest absolute Gasteiger partial charge is 0.259 e. The first kappa shape index (κ1) is 16.1. The lowest BCUT2D eigenvalue weighted by atomic mass is 9.72. The van der Waals surface area contributed by atoms with Crippen molar-refractivity contribution >= 4 is 5.91 Å². The van der Waals surface area contributed by atoms with Gasteiger partial charge in [-0.05, 0) is 36.2 Å². The second-order valence-corrected chi connectivity index (χ2v) is 7.85. The fourth-order valence-corrected chi connectivity index (χ4v) is 5.07. The summed E-state index contributed by atoms with van der Waals surface area (Å²) < 4.78 is 0. The number of carbonyl (C=O) groups is 1. The third-order valence-electron chi connectivity index (χ3n) is 6.61. The highest BCUT2D eigenvalue weighted by atomic mass is 16.3. The van der Waals surface area contributed by atoms with Gasteiger partial charge in [0.05, 0.1) is 0 Å². The molecule has 2 saturated carbocycles. The first-order valence-electron chi connectivity index (χ1n) is 9.34. The molecule has 0 aromatic heterocycles. The van der Waals surface area contributed by atoms with Crippen LogP contribution in [0.5, 0.6) is 0 Å². The highest BCUT2D eigenvalue weighted by molar-refractivity contribution is 5.87. The highest BCUT2D eigenvalue weighted by Gasteiger charge is 2.58. The third kappa shape index (κ3) is 2.47. The Morgan fingerprint density at radius 1 is 1.08 bits per heavy atom. The molecule has 1 aromatic carbocycles. The summed E-state index contributed by atoms with van der Waals surface area (Å²) in [6, 6.07) is 9.51. The summed E-state index contributed by atoms with van der Waals surface area (Å²) in [5.41, 5.74) is -0.658. The molecule has 1 saturated heterocycles. The molecule has 3 aliphatic rings. The largest absolute Gasteiger partial charge is 0.396 e. The number of benzene rings is 1. The minimum atomic E-state index is -1.40. The maximum absolute atomic E-state index is 13.3. The number of nitrogens with zero attached hydrogens (tertiary/aromatic N) is 1. The minimum Gasteiger partial charge on any atom is -0.396 e. The molecule has 0 spiro atoms. The Labute approximate surface area is 143 Å². The van der Waals surface area contributed by atoms with E-state index in [-0.39, 0.29) is 18.4 Å². The van der Waals surface area contributed by atoms with E-state index in [2.05, 4.69) is 0 Å². The molecule has 3 atom stereocenters. The summed E-state index contributed by atoms with van der Waals surface area (Å²) in [4.78, 5) is 15.2. The number of piperidine rings is 1. The van der Waals surface area contributed by atoms with Crippen LogP contribution in [0.15, 0.2) is 30.3 Å². The van der Waals surface area contributed by atoms with Crippen LogP contribution in [0.3, 0.4) is 0 Å². The molecule has 2 N–H and O–H groups in total. The van der Waals surface area contributed by atoms with Crippen LogP contribution in [0.4, 0.5) is 0 Å². The number of fused-ring (bicyclic) bond motifs is 1. The topological polar surface area (TPSA) is 60.8 Å². The maximum Gasteiger partial charge on any atom is 0.259 e. The van der Waals surface area contributed by atoms with E-state index < -0.39 is 5.60 Å². The van der Waals surface area contributed by atoms with E-state index in [0.717, 1.165) is 31.2 Å². The number of rotatable bonds is 4. The number of amides is 1. The lowest BCUT2D eigenvalue weighted by molar-refractivity contribution is -0.161. The molecular weight excluding hydrogens is 302 g/mol. The van der Waals surface area contributed by atoms with Crippen LogP contribution in [0.2, 0.25) is 0 Å². The molecule has 4 nitrogen and oxygen atoms in total. The molecule has 4 heteroatoms. The molecule has 24 heavy (non-hydrogen) atoms. The highest BCUT2D eigenvalue weighted by Crippen LogP contribution is 2.52. The zero-order chi connectivity index (χ0) is 16.7. The number of hydrogen-bond donors (Lipinski definition) is 2. The maximum atomic E-state index is 13.3. The summed E-state index contributed by atoms with van der Waals surface area (Å²) in [5, 5.41) is 20.9. The SMILES string of the molecule is O=C(N1CC2C(CO)C2C1)C(O)(c1ccccc1)C1CCCCC1. The quantitative estimate of drug-likeness (QED) is 0.890. The zero-order valence-electron chi connectivity index (χ0n) is 14.1. The van der Waals surface area contributed by atoms with Gasteiger partial charge in [0.15, 0.2) is 5.60 Å². The molecule has 1 heterocycles. The van der Waals surface area contributed by atoms with E-state index >= 15 is 0 Å². The second-order valence-electron chi connectivity index (χ2n) is 7.85. The van der Waals surface area contributed by atoms with Crippen LogP contribution in [0.25, 0.3) is 0 Å². The third-order valence-corrected chi connectivity index (χ3v) is 6.61. The number of carbonyl (C=O) groups excluding carboxylic acids is 1. The van der Waals surface area contributed by atoms with Gasteiger partial charge in [-0.15, -0.1) is 0 Å². The first-order chi connectivity index (χ1) is 11.7. The molecule has 1 aromatic rings. The Bertz CT molecular complexity index is 586. The van der Waals surface area contributed by atoms with Gasteiger partial charge in [-0.3, -0.25) is 4.79 Å². The van der Waals surface area contributed by atoms with E-state index in [4.69, 9.17) is 0 Å². The minimum absolute atomic E-state index is 0.00622. The van der Waals surface area contributed by atoms with Gasteiger partial charge in [0.25, 0.3) is 5.91 Å². The Morgan fingerprint density at radius 2 is 1.71 bits per heavy atom. The summed E-state index contributed by atoms with van der Waals surface area (Å²) in [6.07, 6.45) is 5.20. The van der Waals surface area contributed by atoms with Gasteiger partial charge in [0, 0.05) is 25.6 Å². The van der Waals surface area contributed by atoms with Crippen molar-refractivity contribution in [2.45, 2.75) is 37.7 Å². The van der Waals surface area contributed by atoms with Crippen molar-refractivity contribution in [1.29, 1.82) is 0 Å². The van der Waals surface area contributed by atoms with Crippen LogP contribution in [0, 0.1) is 23.7 Å². The van der Waals surface area contributed by atoms with E-state index in [1.165, 1.54) is 6.42 Å². The fraction of sp³-hybridized carbons (Fsp3) is 0.650. The van der Waals surface area contributed by atoms with Gasteiger partial charge in [0.1, 0.15) is 0 Å². The molecule has 3 fully saturated rings. The number of aliphatic hydroxyl groups is 2. The van der Waals surface area contributed by atoms with Crippen molar-refractivity contribution in [3.8, 4) is 0 Å². The van der Waals surface area contributed by atoms with Crippen molar-refractivity contribution < 1.29 is 15.0 Å². The normalized spacial score (nSPS) is 32.2. The van der Waals surface area contributed by atoms with Crippen LogP contribution < -0.4 is 0 Å². The average molecular weight is 329 g/mol.